The number of hydrogen-bond acceptors (Lipinski definition) is 7. The number of nitrogens with one attached hydrogen (secondary N) is 1. The van der Waals surface area contributed by atoms with Gasteiger partial charge in [0.25, 0.3) is 0 Å². The third-order valence-electron chi connectivity index (χ3n) is 6.17. The molecule has 0 saturated heterocycles. The summed E-state index contributed by atoms with van der Waals surface area (Å²) in [5.41, 5.74) is 7.45. The van der Waals surface area contributed by atoms with E-state index in [1.807, 2.05) is 18.2 Å². The first kappa shape index (κ1) is 33.9. The zero-order valence-corrected chi connectivity index (χ0v) is 23.0. The molecule has 0 fully saturated rings. The van der Waals surface area contributed by atoms with Gasteiger partial charge < -0.3 is 35.5 Å². The van der Waals surface area contributed by atoms with Crippen LogP contribution in [-0.4, -0.2) is 68.2 Å². The van der Waals surface area contributed by atoms with E-state index in [1.54, 1.807) is 21.1 Å². The number of carboxylic acid groups (broad SMARTS) is 1. The highest BCUT2D eigenvalue weighted by Gasteiger charge is 2.26. The molecule has 0 spiro atoms. The van der Waals surface area contributed by atoms with Gasteiger partial charge >= 0.3 is 5.97 Å². The lowest BCUT2D eigenvalue weighted by molar-refractivity contribution is -0.137. The Kier molecular flexibility index (Phi) is 17.2. The smallest absolute Gasteiger partial charge is 0.305 e. The Morgan fingerprint density at radius 2 is 1.78 bits per heavy atom. The van der Waals surface area contributed by atoms with Crippen molar-refractivity contribution >= 4 is 24.3 Å². The first-order valence-electron chi connectivity index (χ1n) is 12.3. The van der Waals surface area contributed by atoms with Crippen molar-refractivity contribution in [2.45, 2.75) is 65.0 Å². The molecule has 5 N–H and O–H groups in total. The zero-order valence-electron chi connectivity index (χ0n) is 22.2. The molecule has 208 valence electrons. The van der Waals surface area contributed by atoms with Crippen LogP contribution < -0.4 is 20.5 Å². The van der Waals surface area contributed by atoms with Crippen LogP contribution in [0.5, 0.6) is 11.5 Å². The Bertz CT molecular complexity index is 779. The SMILES string of the molecule is COCCCOc1cc(C[C@@H](C[C@H](N)[C@@H](O)C[C@@H](C)C(=O)NCCC(=O)O)C(C)C)ccc1OC.Cl. The maximum absolute atomic E-state index is 12.2. The molecule has 9 nitrogen and oxygen atoms in total. The predicted molar refractivity (Wildman–Crippen MR) is 142 cm³/mol. The van der Waals surface area contributed by atoms with Gasteiger partial charge in [-0.05, 0) is 48.8 Å². The number of aliphatic carboxylic acids is 1. The lowest BCUT2D eigenvalue weighted by Gasteiger charge is -2.28. The van der Waals surface area contributed by atoms with Gasteiger partial charge in [0.15, 0.2) is 11.5 Å². The van der Waals surface area contributed by atoms with E-state index in [1.165, 1.54) is 0 Å². The Hall–Kier alpha value is -2.07. The molecule has 1 aromatic rings. The average Bonchev–Trinajstić information content (AvgIpc) is 2.80. The van der Waals surface area contributed by atoms with Gasteiger partial charge in [-0.25, -0.2) is 0 Å². The fourth-order valence-corrected chi connectivity index (χ4v) is 3.86. The van der Waals surface area contributed by atoms with Crippen LogP contribution in [0.15, 0.2) is 18.2 Å². The maximum atomic E-state index is 12.2. The standard InChI is InChI=1S/C26H44N2O7.ClH/c1-17(2)20(14-19-7-8-23(34-5)24(15-19)35-12-6-11-33-4)16-21(27)22(29)13-18(3)26(32)28-10-9-25(30)31;/h7-8,15,17-18,20-22,29H,6,9-14,16,27H2,1-5H3,(H,28,32)(H,30,31);1H/t18-,20+,21+,22+;/m1./s1. The number of benzene rings is 1. The number of ether oxygens (including phenoxy) is 3. The molecule has 1 aromatic carbocycles. The van der Waals surface area contributed by atoms with Gasteiger partial charge in [-0.1, -0.05) is 26.8 Å². The molecule has 1 rings (SSSR count). The molecule has 0 aliphatic heterocycles. The van der Waals surface area contributed by atoms with Gasteiger partial charge in [0, 0.05) is 38.6 Å². The summed E-state index contributed by atoms with van der Waals surface area (Å²) in [4.78, 5) is 22.8. The van der Waals surface area contributed by atoms with Crippen LogP contribution in [0, 0.1) is 17.8 Å². The Morgan fingerprint density at radius 3 is 2.36 bits per heavy atom. The van der Waals surface area contributed by atoms with Gasteiger partial charge in [0.05, 0.1) is 26.2 Å². The molecule has 0 heterocycles. The minimum Gasteiger partial charge on any atom is -0.493 e. The van der Waals surface area contributed by atoms with Gasteiger partial charge in [0.2, 0.25) is 5.91 Å². The van der Waals surface area contributed by atoms with E-state index in [0.717, 1.165) is 18.4 Å². The van der Waals surface area contributed by atoms with Crippen LogP contribution in [0.1, 0.15) is 52.0 Å². The second kappa shape index (κ2) is 18.2. The van der Waals surface area contributed by atoms with E-state index in [-0.39, 0.29) is 43.6 Å². The number of rotatable bonds is 18. The molecule has 0 saturated carbocycles. The third kappa shape index (κ3) is 12.8. The molecule has 0 radical (unpaired) electrons. The summed E-state index contributed by atoms with van der Waals surface area (Å²) >= 11 is 0. The number of halogens is 1. The summed E-state index contributed by atoms with van der Waals surface area (Å²) in [7, 11) is 3.27. The number of methoxy groups -OCH3 is 2. The van der Waals surface area contributed by atoms with Crippen LogP contribution in [0.3, 0.4) is 0 Å². The predicted octanol–water partition coefficient (Wildman–Crippen LogP) is 3.04. The molecule has 0 unspecified atom stereocenters. The molecule has 36 heavy (non-hydrogen) atoms. The lowest BCUT2D eigenvalue weighted by atomic mass is 9.82. The Balaban J connectivity index is 0.0000122. The second-order valence-corrected chi connectivity index (χ2v) is 9.43. The van der Waals surface area contributed by atoms with Gasteiger partial charge in [-0.15, -0.1) is 12.4 Å². The van der Waals surface area contributed by atoms with E-state index >= 15 is 0 Å². The number of nitrogens with two attached hydrogens (primary N) is 1. The number of aliphatic hydroxyl groups excluding tert-OH is 1. The summed E-state index contributed by atoms with van der Waals surface area (Å²) in [6.07, 6.45) is 1.38. The highest BCUT2D eigenvalue weighted by molar-refractivity contribution is 5.85. The fraction of sp³-hybridized carbons (Fsp3) is 0.692. The van der Waals surface area contributed by atoms with Crippen LogP contribution in [0.25, 0.3) is 0 Å². The third-order valence-corrected chi connectivity index (χ3v) is 6.17. The second-order valence-electron chi connectivity index (χ2n) is 9.43. The number of carbonyl (C=O) groups excluding carboxylic acids is 1. The normalized spacial score (nSPS) is 14.3. The number of hydrogen-bond donors (Lipinski definition) is 4. The summed E-state index contributed by atoms with van der Waals surface area (Å²) < 4.78 is 16.4. The molecule has 0 bridgehead atoms. The maximum Gasteiger partial charge on any atom is 0.305 e. The highest BCUT2D eigenvalue weighted by Crippen LogP contribution is 2.31. The quantitative estimate of drug-likeness (QED) is 0.211. The first-order chi connectivity index (χ1) is 16.6. The van der Waals surface area contributed by atoms with Crippen LogP contribution in [-0.2, 0) is 20.7 Å². The lowest BCUT2D eigenvalue weighted by Crippen LogP contribution is -2.41. The minimum absolute atomic E-state index is 0. The van der Waals surface area contributed by atoms with E-state index in [2.05, 4.69) is 19.2 Å². The summed E-state index contributed by atoms with van der Waals surface area (Å²) in [6, 6.07) is 5.42. The Morgan fingerprint density at radius 1 is 1.08 bits per heavy atom. The summed E-state index contributed by atoms with van der Waals surface area (Å²) in [5, 5.41) is 21.9. The van der Waals surface area contributed by atoms with Crippen molar-refractivity contribution in [3.8, 4) is 11.5 Å². The molecular formula is C26H45ClN2O7. The molecule has 4 atom stereocenters. The van der Waals surface area contributed by atoms with Crippen molar-refractivity contribution in [3.05, 3.63) is 23.8 Å². The van der Waals surface area contributed by atoms with Crippen LogP contribution in [0.4, 0.5) is 0 Å². The van der Waals surface area contributed by atoms with E-state index in [9.17, 15) is 14.7 Å². The average molecular weight is 533 g/mol. The van der Waals surface area contributed by atoms with Gasteiger partial charge in [0.1, 0.15) is 0 Å². The van der Waals surface area contributed by atoms with Gasteiger partial charge in [-0.3, -0.25) is 9.59 Å². The number of amides is 1. The number of aliphatic hydroxyl groups is 1. The van der Waals surface area contributed by atoms with E-state index in [4.69, 9.17) is 25.1 Å². The molecular weight excluding hydrogens is 488 g/mol. The number of carboxylic acids is 1. The molecule has 1 amide bonds. The van der Waals surface area contributed by atoms with Gasteiger partial charge in [-0.2, -0.15) is 0 Å². The molecule has 10 heteroatoms. The molecule has 0 aliphatic carbocycles. The van der Waals surface area contributed by atoms with Crippen molar-refractivity contribution in [1.82, 2.24) is 5.32 Å². The van der Waals surface area contributed by atoms with Crippen LogP contribution in [0.2, 0.25) is 0 Å². The van der Waals surface area contributed by atoms with Crippen molar-refractivity contribution in [1.29, 1.82) is 0 Å². The van der Waals surface area contributed by atoms with E-state index in [0.29, 0.717) is 37.1 Å². The van der Waals surface area contributed by atoms with Crippen LogP contribution >= 0.6 is 12.4 Å². The largest absolute Gasteiger partial charge is 0.493 e. The zero-order chi connectivity index (χ0) is 26.4. The number of carbonyl (C=O) groups is 2. The topological polar surface area (TPSA) is 140 Å². The van der Waals surface area contributed by atoms with Crippen molar-refractivity contribution in [2.75, 3.05) is 34.0 Å². The first-order valence-corrected chi connectivity index (χ1v) is 12.3. The molecule has 0 aromatic heterocycles. The molecule has 0 aliphatic rings. The van der Waals surface area contributed by atoms with Crippen molar-refractivity contribution in [3.63, 3.8) is 0 Å². The Labute approximate surface area is 221 Å². The summed E-state index contributed by atoms with van der Waals surface area (Å²) in [5.74, 6) is 0.190. The monoisotopic (exact) mass is 532 g/mol. The highest BCUT2D eigenvalue weighted by atomic mass is 35.5. The van der Waals surface area contributed by atoms with Crippen molar-refractivity contribution in [2.24, 2.45) is 23.5 Å². The van der Waals surface area contributed by atoms with Crippen molar-refractivity contribution < 1.29 is 34.0 Å². The summed E-state index contributed by atoms with van der Waals surface area (Å²) in [6.45, 7) is 7.19. The fourth-order valence-electron chi connectivity index (χ4n) is 3.86. The van der Waals surface area contributed by atoms with E-state index < -0.39 is 24.0 Å². The minimum atomic E-state index is -0.971.